The summed E-state index contributed by atoms with van der Waals surface area (Å²) in [5.74, 6) is 0. The standard InChI is InChI=1S/C44H32N6/c1-5-13-29(14-6-1)41-33-21-25-37(47-33)43(45-31-17-9-3-10-18-31)39-27-23-35(49-39)42(30-15-7-2-8-16-30)36-24-28-40(50-36)44(38-26-22-34(41)48-38)46-32-19-11-4-12-20-32/h1-28,45-47,50H. The Morgan fingerprint density at radius 2 is 0.680 bits per heavy atom. The van der Waals surface area contributed by atoms with E-state index in [0.717, 1.165) is 89.8 Å². The van der Waals surface area contributed by atoms with Crippen LogP contribution in [0.2, 0.25) is 0 Å². The minimum Gasteiger partial charge on any atom is -0.353 e. The van der Waals surface area contributed by atoms with Crippen molar-refractivity contribution in [1.29, 1.82) is 0 Å². The number of nitrogens with zero attached hydrogens (tertiary/aromatic N) is 2. The van der Waals surface area contributed by atoms with Gasteiger partial charge in [-0.2, -0.15) is 0 Å². The van der Waals surface area contributed by atoms with Crippen molar-refractivity contribution in [3.8, 4) is 22.3 Å². The second-order valence-electron chi connectivity index (χ2n) is 12.2. The molecular formula is C44H32N6. The molecule has 0 amide bonds. The molecule has 0 saturated heterocycles. The molecule has 8 bridgehead atoms. The molecule has 0 unspecified atom stereocenters. The number of H-pyrrole nitrogens is 2. The van der Waals surface area contributed by atoms with E-state index in [2.05, 4.69) is 142 Å². The number of anilines is 4. The lowest BCUT2D eigenvalue weighted by Crippen LogP contribution is -1.95. The third-order valence-electron chi connectivity index (χ3n) is 8.97. The van der Waals surface area contributed by atoms with E-state index < -0.39 is 0 Å². The first-order valence-electron chi connectivity index (χ1n) is 16.7. The van der Waals surface area contributed by atoms with Gasteiger partial charge >= 0.3 is 0 Å². The third-order valence-corrected chi connectivity index (χ3v) is 8.97. The lowest BCUT2D eigenvalue weighted by molar-refractivity contribution is 1.30. The fourth-order valence-corrected chi connectivity index (χ4v) is 6.62. The molecule has 9 rings (SSSR count). The highest BCUT2D eigenvalue weighted by atomic mass is 14.9. The average Bonchev–Trinajstić information content (AvgIpc) is 4.01. The number of aromatic nitrogens is 4. The second kappa shape index (κ2) is 12.6. The van der Waals surface area contributed by atoms with E-state index in [1.165, 1.54) is 0 Å². The lowest BCUT2D eigenvalue weighted by Gasteiger charge is -2.09. The van der Waals surface area contributed by atoms with Crippen LogP contribution >= 0.6 is 0 Å². The van der Waals surface area contributed by atoms with Crippen molar-refractivity contribution in [3.05, 3.63) is 168 Å². The maximum atomic E-state index is 5.30. The summed E-state index contributed by atoms with van der Waals surface area (Å²) in [6.07, 6.45) is 8.39. The first-order chi connectivity index (χ1) is 24.8. The van der Waals surface area contributed by atoms with Gasteiger partial charge in [-0.25, -0.2) is 9.97 Å². The maximum Gasteiger partial charge on any atom is 0.0894 e. The summed E-state index contributed by atoms with van der Waals surface area (Å²) in [6, 6.07) is 49.8. The molecule has 0 spiro atoms. The first-order valence-corrected chi connectivity index (χ1v) is 16.7. The van der Waals surface area contributed by atoms with E-state index in [1.54, 1.807) is 0 Å². The van der Waals surface area contributed by atoms with Gasteiger partial charge in [-0.3, -0.25) is 0 Å². The minimum atomic E-state index is 0.831. The van der Waals surface area contributed by atoms with Gasteiger partial charge in [-0.1, -0.05) is 97.1 Å². The smallest absolute Gasteiger partial charge is 0.0894 e. The zero-order chi connectivity index (χ0) is 33.3. The van der Waals surface area contributed by atoms with Gasteiger partial charge in [0.25, 0.3) is 0 Å². The Morgan fingerprint density at radius 1 is 0.340 bits per heavy atom. The van der Waals surface area contributed by atoms with Gasteiger partial charge in [-0.15, -0.1) is 0 Å². The molecule has 2 aliphatic rings. The Balaban J connectivity index is 1.42. The van der Waals surface area contributed by atoms with Gasteiger partial charge in [0, 0.05) is 33.5 Å². The Morgan fingerprint density at radius 3 is 1.08 bits per heavy atom. The SMILES string of the molecule is C1=Cc2nc1c(Nc1ccccc1)c1ccc([nH]1)c(-c1ccccc1)c1nc(c(Nc3ccccc3)c3ccc([nH]3)c2-c2ccccc2)C=C1. The predicted molar refractivity (Wildman–Crippen MR) is 209 cm³/mol. The largest absolute Gasteiger partial charge is 0.353 e. The molecule has 5 heterocycles. The van der Waals surface area contributed by atoms with Crippen LogP contribution in [0.15, 0.2) is 146 Å². The molecule has 0 radical (unpaired) electrons. The molecular weight excluding hydrogens is 613 g/mol. The molecule has 0 saturated carbocycles. The Labute approximate surface area is 289 Å². The van der Waals surface area contributed by atoms with Crippen molar-refractivity contribution in [2.45, 2.75) is 0 Å². The zero-order valence-electron chi connectivity index (χ0n) is 27.1. The number of fused-ring (bicyclic) bond motifs is 8. The number of para-hydroxylation sites is 2. The number of benzene rings is 4. The molecule has 6 nitrogen and oxygen atoms in total. The molecule has 2 aliphatic heterocycles. The molecule has 7 aromatic rings. The van der Waals surface area contributed by atoms with Crippen LogP contribution in [0.1, 0.15) is 22.8 Å². The quantitative estimate of drug-likeness (QED) is 0.145. The van der Waals surface area contributed by atoms with Crippen molar-refractivity contribution < 1.29 is 0 Å². The second-order valence-corrected chi connectivity index (χ2v) is 12.2. The number of aromatic amines is 2. The average molecular weight is 645 g/mol. The summed E-state index contributed by atoms with van der Waals surface area (Å²) in [6.45, 7) is 0. The van der Waals surface area contributed by atoms with Gasteiger partial charge in [0.1, 0.15) is 0 Å². The van der Waals surface area contributed by atoms with Gasteiger partial charge in [0.05, 0.1) is 45.2 Å². The summed E-state index contributed by atoms with van der Waals surface area (Å²) in [7, 11) is 0. The van der Waals surface area contributed by atoms with E-state index in [0.29, 0.717) is 0 Å². The van der Waals surface area contributed by atoms with Crippen LogP contribution in [-0.2, 0) is 0 Å². The Kier molecular flexibility index (Phi) is 7.37. The van der Waals surface area contributed by atoms with Crippen molar-refractivity contribution in [2.24, 2.45) is 0 Å². The molecule has 0 fully saturated rings. The fraction of sp³-hybridized carbons (Fsp3) is 0. The molecule has 6 heteroatoms. The van der Waals surface area contributed by atoms with E-state index in [4.69, 9.17) is 9.97 Å². The van der Waals surface area contributed by atoms with Crippen LogP contribution in [0.4, 0.5) is 22.7 Å². The molecule has 3 aromatic heterocycles. The fourth-order valence-electron chi connectivity index (χ4n) is 6.62. The van der Waals surface area contributed by atoms with Gasteiger partial charge < -0.3 is 20.6 Å². The number of rotatable bonds is 6. The van der Waals surface area contributed by atoms with E-state index in [9.17, 15) is 0 Å². The van der Waals surface area contributed by atoms with Crippen molar-refractivity contribution in [1.82, 2.24) is 19.9 Å². The van der Waals surface area contributed by atoms with Crippen LogP contribution in [-0.4, -0.2) is 19.9 Å². The lowest BCUT2D eigenvalue weighted by atomic mass is 10.0. The van der Waals surface area contributed by atoms with Crippen molar-refractivity contribution >= 4 is 69.1 Å². The van der Waals surface area contributed by atoms with E-state index >= 15 is 0 Å². The highest BCUT2D eigenvalue weighted by Crippen LogP contribution is 2.37. The molecule has 4 N–H and O–H groups in total. The number of hydrogen-bond acceptors (Lipinski definition) is 4. The van der Waals surface area contributed by atoms with Crippen LogP contribution in [0.3, 0.4) is 0 Å². The highest BCUT2D eigenvalue weighted by molar-refractivity contribution is 5.99. The molecule has 4 aromatic carbocycles. The normalized spacial score (nSPS) is 11.8. The maximum absolute atomic E-state index is 5.30. The number of nitrogens with one attached hydrogen (secondary N) is 4. The van der Waals surface area contributed by atoms with E-state index in [-0.39, 0.29) is 0 Å². The summed E-state index contributed by atoms with van der Waals surface area (Å²) in [4.78, 5) is 18.1. The zero-order valence-corrected chi connectivity index (χ0v) is 27.1. The van der Waals surface area contributed by atoms with Crippen LogP contribution in [0.25, 0.3) is 68.6 Å². The van der Waals surface area contributed by atoms with Crippen LogP contribution in [0.5, 0.6) is 0 Å². The molecule has 50 heavy (non-hydrogen) atoms. The highest BCUT2D eigenvalue weighted by Gasteiger charge is 2.18. The summed E-state index contributed by atoms with van der Waals surface area (Å²) in [5, 5.41) is 7.36. The summed E-state index contributed by atoms with van der Waals surface area (Å²) >= 11 is 0. The van der Waals surface area contributed by atoms with Gasteiger partial charge in [0.15, 0.2) is 0 Å². The Bertz CT molecular complexity index is 2380. The molecule has 0 aliphatic carbocycles. The third kappa shape index (κ3) is 5.55. The van der Waals surface area contributed by atoms with Gasteiger partial charge in [0.2, 0.25) is 0 Å². The number of hydrogen-bond donors (Lipinski definition) is 4. The predicted octanol–water partition coefficient (Wildman–Crippen LogP) is 11.5. The minimum absolute atomic E-state index is 0.831. The van der Waals surface area contributed by atoms with Crippen LogP contribution in [0, 0.1) is 0 Å². The van der Waals surface area contributed by atoms with Crippen molar-refractivity contribution in [2.75, 3.05) is 10.6 Å². The summed E-state index contributed by atoms with van der Waals surface area (Å²) in [5.41, 5.74) is 15.0. The first kappa shape index (κ1) is 29.2. The van der Waals surface area contributed by atoms with Crippen molar-refractivity contribution in [3.63, 3.8) is 0 Å². The molecule has 238 valence electrons. The topological polar surface area (TPSA) is 81.4 Å². The van der Waals surface area contributed by atoms with E-state index in [1.807, 2.05) is 48.5 Å². The van der Waals surface area contributed by atoms with Crippen LogP contribution < -0.4 is 10.6 Å². The molecule has 0 atom stereocenters. The Hall–Kier alpha value is -6.92. The summed E-state index contributed by atoms with van der Waals surface area (Å²) < 4.78 is 0. The van der Waals surface area contributed by atoms with Gasteiger partial charge in [-0.05, 0) is 84.0 Å². The monoisotopic (exact) mass is 644 g/mol.